The van der Waals surface area contributed by atoms with Gasteiger partial charge in [0.15, 0.2) is 5.96 Å². The van der Waals surface area contributed by atoms with Crippen LogP contribution in [0.5, 0.6) is 0 Å². The summed E-state index contributed by atoms with van der Waals surface area (Å²) in [6.07, 6.45) is 3.58. The second kappa shape index (κ2) is 13.2. The zero-order valence-corrected chi connectivity index (χ0v) is 17.3. The Balaban J connectivity index is 0.00000484. The van der Waals surface area contributed by atoms with E-state index in [1.807, 2.05) is 6.92 Å². The lowest BCUT2D eigenvalue weighted by Gasteiger charge is -2.33. The smallest absolute Gasteiger partial charge is 0.191 e. The lowest BCUT2D eigenvalue weighted by Crippen LogP contribution is -2.48. The summed E-state index contributed by atoms with van der Waals surface area (Å²) in [5.41, 5.74) is -0.816. The Kier molecular flexibility index (Phi) is 13.1. The lowest BCUT2D eigenvalue weighted by molar-refractivity contribution is -0.0179. The van der Waals surface area contributed by atoms with Crippen LogP contribution in [-0.2, 0) is 4.74 Å². The van der Waals surface area contributed by atoms with Crippen LogP contribution >= 0.6 is 24.0 Å². The third kappa shape index (κ3) is 11.1. The van der Waals surface area contributed by atoms with Gasteiger partial charge >= 0.3 is 0 Å². The number of β-amino-alcohol motifs (C(OH)–C–C–N with tert-alkyl or cyclic N) is 1. The van der Waals surface area contributed by atoms with E-state index in [1.165, 1.54) is 12.8 Å². The third-order valence-corrected chi connectivity index (χ3v) is 3.66. The molecule has 23 heavy (non-hydrogen) atoms. The average Bonchev–Trinajstić information content (AvgIpc) is 2.49. The van der Waals surface area contributed by atoms with Gasteiger partial charge in [0.05, 0.1) is 25.4 Å². The summed E-state index contributed by atoms with van der Waals surface area (Å²) in [6, 6.07) is 0. The fourth-order valence-electron chi connectivity index (χ4n) is 2.46. The number of unbranched alkanes of at least 4 members (excludes halogenated alkanes) is 2. The molecule has 0 radical (unpaired) electrons. The number of ether oxygens (including phenoxy) is 1. The number of nitrogens with zero attached hydrogens (tertiary/aromatic N) is 2. The third-order valence-electron chi connectivity index (χ3n) is 3.66. The molecule has 1 rings (SSSR count). The van der Waals surface area contributed by atoms with E-state index in [0.717, 1.165) is 51.8 Å². The van der Waals surface area contributed by atoms with Crippen molar-refractivity contribution in [1.82, 2.24) is 15.5 Å². The van der Waals surface area contributed by atoms with Crippen molar-refractivity contribution in [3.05, 3.63) is 0 Å². The van der Waals surface area contributed by atoms with Crippen LogP contribution in [0.3, 0.4) is 0 Å². The first kappa shape index (κ1) is 22.9. The maximum atomic E-state index is 10.5. The second-order valence-electron chi connectivity index (χ2n) is 6.21. The molecule has 0 amide bonds. The Morgan fingerprint density at radius 2 is 1.91 bits per heavy atom. The van der Waals surface area contributed by atoms with Crippen LogP contribution in [0.1, 0.15) is 40.0 Å². The molecule has 0 aromatic heterocycles. The molecular weight excluding hydrogens is 407 g/mol. The summed E-state index contributed by atoms with van der Waals surface area (Å²) < 4.78 is 5.34. The maximum Gasteiger partial charge on any atom is 0.191 e. The number of nitrogens with one attached hydrogen (secondary N) is 2. The lowest BCUT2D eigenvalue weighted by atomic mass is 10.1. The van der Waals surface area contributed by atoms with Crippen LogP contribution in [0.2, 0.25) is 0 Å². The number of aliphatic hydroxyl groups is 1. The predicted molar refractivity (Wildman–Crippen MR) is 107 cm³/mol. The molecule has 3 N–H and O–H groups in total. The second-order valence-corrected chi connectivity index (χ2v) is 6.21. The summed E-state index contributed by atoms with van der Waals surface area (Å²) in [5, 5.41) is 17.1. The van der Waals surface area contributed by atoms with Gasteiger partial charge in [0, 0.05) is 32.7 Å². The van der Waals surface area contributed by atoms with Crippen LogP contribution in [-0.4, -0.2) is 74.0 Å². The molecule has 138 valence electrons. The normalized spacial score (nSPS) is 18.9. The molecule has 1 aliphatic rings. The fourth-order valence-corrected chi connectivity index (χ4v) is 2.46. The molecule has 1 atom stereocenters. The van der Waals surface area contributed by atoms with Gasteiger partial charge in [-0.1, -0.05) is 19.8 Å². The van der Waals surface area contributed by atoms with Crippen LogP contribution in [0, 0.1) is 0 Å². The average molecular weight is 442 g/mol. The molecule has 1 heterocycles. The van der Waals surface area contributed by atoms with Gasteiger partial charge in [0.2, 0.25) is 0 Å². The van der Waals surface area contributed by atoms with E-state index < -0.39 is 5.60 Å². The molecule has 0 aliphatic carbocycles. The predicted octanol–water partition coefficient (Wildman–Crippen LogP) is 1.43. The van der Waals surface area contributed by atoms with Crippen molar-refractivity contribution in [2.24, 2.45) is 4.99 Å². The fraction of sp³-hybridized carbons (Fsp3) is 0.938. The zero-order chi connectivity index (χ0) is 16.3. The largest absolute Gasteiger partial charge is 0.387 e. The molecule has 0 aromatic rings. The Morgan fingerprint density at radius 3 is 2.52 bits per heavy atom. The van der Waals surface area contributed by atoms with Crippen molar-refractivity contribution in [1.29, 1.82) is 0 Å². The number of halogens is 1. The molecule has 0 bridgehead atoms. The monoisotopic (exact) mass is 442 g/mol. The van der Waals surface area contributed by atoms with Crippen molar-refractivity contribution in [3.63, 3.8) is 0 Å². The van der Waals surface area contributed by atoms with E-state index in [2.05, 4.69) is 34.4 Å². The summed E-state index contributed by atoms with van der Waals surface area (Å²) in [7, 11) is 0. The number of hydrogen-bond acceptors (Lipinski definition) is 4. The first-order valence-corrected chi connectivity index (χ1v) is 8.62. The van der Waals surface area contributed by atoms with E-state index in [1.54, 1.807) is 0 Å². The Labute approximate surface area is 158 Å². The molecule has 1 aliphatic heterocycles. The molecule has 0 aromatic carbocycles. The minimum absolute atomic E-state index is 0. The minimum atomic E-state index is -0.816. The minimum Gasteiger partial charge on any atom is -0.387 e. The first-order valence-electron chi connectivity index (χ1n) is 8.62. The van der Waals surface area contributed by atoms with Gasteiger partial charge in [0.1, 0.15) is 0 Å². The Hall–Kier alpha value is -0.120. The van der Waals surface area contributed by atoms with Crippen LogP contribution in [0.4, 0.5) is 0 Å². The molecular formula is C16H35IN4O2. The standard InChI is InChI=1S/C16H34N4O2.HI/c1-4-6-7-8-18-15(17-5-2)19-13-16(3,21)14-20-9-11-22-12-10-20;/h21H,4-14H2,1-3H3,(H2,17,18,19);1H. The Bertz CT molecular complexity index is 321. The zero-order valence-electron chi connectivity index (χ0n) is 14.9. The van der Waals surface area contributed by atoms with Crippen LogP contribution < -0.4 is 10.6 Å². The number of aliphatic imine (C=N–C) groups is 1. The summed E-state index contributed by atoms with van der Waals surface area (Å²) >= 11 is 0. The number of rotatable bonds is 9. The number of guanidine groups is 1. The van der Waals surface area contributed by atoms with Gasteiger partial charge in [-0.3, -0.25) is 9.89 Å². The summed E-state index contributed by atoms with van der Waals surface area (Å²) in [4.78, 5) is 6.77. The van der Waals surface area contributed by atoms with E-state index in [9.17, 15) is 5.11 Å². The van der Waals surface area contributed by atoms with Gasteiger partial charge in [-0.05, 0) is 20.3 Å². The van der Waals surface area contributed by atoms with Crippen LogP contribution in [0.15, 0.2) is 4.99 Å². The molecule has 1 saturated heterocycles. The van der Waals surface area contributed by atoms with Gasteiger partial charge < -0.3 is 20.5 Å². The number of hydrogen-bond donors (Lipinski definition) is 3. The number of morpholine rings is 1. The van der Waals surface area contributed by atoms with E-state index >= 15 is 0 Å². The topological polar surface area (TPSA) is 69.1 Å². The van der Waals surface area contributed by atoms with E-state index in [4.69, 9.17) is 4.74 Å². The Morgan fingerprint density at radius 1 is 1.22 bits per heavy atom. The molecule has 7 heteroatoms. The van der Waals surface area contributed by atoms with Crippen molar-refractivity contribution < 1.29 is 9.84 Å². The molecule has 0 spiro atoms. The highest BCUT2D eigenvalue weighted by atomic mass is 127. The van der Waals surface area contributed by atoms with Crippen molar-refractivity contribution >= 4 is 29.9 Å². The first-order chi connectivity index (χ1) is 10.6. The van der Waals surface area contributed by atoms with Crippen molar-refractivity contribution in [3.8, 4) is 0 Å². The van der Waals surface area contributed by atoms with Gasteiger partial charge in [-0.25, -0.2) is 0 Å². The van der Waals surface area contributed by atoms with Gasteiger partial charge in [0.25, 0.3) is 0 Å². The SMILES string of the molecule is CCCCCNC(=NCC(C)(O)CN1CCOCC1)NCC.I. The summed E-state index contributed by atoms with van der Waals surface area (Å²) in [5.74, 6) is 0.792. The van der Waals surface area contributed by atoms with Crippen LogP contribution in [0.25, 0.3) is 0 Å². The summed E-state index contributed by atoms with van der Waals surface area (Å²) in [6.45, 7) is 12.1. The molecule has 6 nitrogen and oxygen atoms in total. The van der Waals surface area contributed by atoms with Gasteiger partial charge in [-0.2, -0.15) is 0 Å². The van der Waals surface area contributed by atoms with Crippen molar-refractivity contribution in [2.75, 3.05) is 52.5 Å². The quantitative estimate of drug-likeness (QED) is 0.218. The van der Waals surface area contributed by atoms with E-state index in [0.29, 0.717) is 13.1 Å². The van der Waals surface area contributed by atoms with Gasteiger partial charge in [-0.15, -0.1) is 24.0 Å². The maximum absolute atomic E-state index is 10.5. The molecule has 1 fully saturated rings. The van der Waals surface area contributed by atoms with E-state index in [-0.39, 0.29) is 24.0 Å². The highest BCUT2D eigenvalue weighted by molar-refractivity contribution is 14.0. The highest BCUT2D eigenvalue weighted by Gasteiger charge is 2.25. The van der Waals surface area contributed by atoms with Crippen molar-refractivity contribution in [2.45, 2.75) is 45.6 Å². The highest BCUT2D eigenvalue weighted by Crippen LogP contribution is 2.09. The molecule has 0 saturated carbocycles. The molecule has 1 unspecified atom stereocenters.